The molecule has 0 unspecified atom stereocenters. The first-order valence-electron chi connectivity index (χ1n) is 7.92. The minimum Gasteiger partial charge on any atom is -0.378 e. The zero-order chi connectivity index (χ0) is 17.8. The maximum absolute atomic E-state index is 4.46. The van der Waals surface area contributed by atoms with Gasteiger partial charge in [-0.15, -0.1) is 0 Å². The summed E-state index contributed by atoms with van der Waals surface area (Å²) in [6.07, 6.45) is 0. The van der Waals surface area contributed by atoms with Crippen LogP contribution in [0.4, 0.5) is 28.7 Å². The molecule has 0 spiro atoms. The average molecular weight is 398 g/mol. The normalized spacial score (nSPS) is 10.4. The van der Waals surface area contributed by atoms with E-state index in [1.165, 1.54) is 0 Å². The summed E-state index contributed by atoms with van der Waals surface area (Å²) < 4.78 is 1.04. The van der Waals surface area contributed by atoms with E-state index in [9.17, 15) is 0 Å². The second kappa shape index (κ2) is 7.53. The van der Waals surface area contributed by atoms with Crippen molar-refractivity contribution in [3.8, 4) is 0 Å². The number of nitrogens with one attached hydrogen (secondary N) is 2. The van der Waals surface area contributed by atoms with Crippen molar-refractivity contribution in [2.75, 3.05) is 29.6 Å². The molecule has 0 amide bonds. The molecule has 0 radical (unpaired) electrons. The second-order valence-corrected chi connectivity index (χ2v) is 6.80. The summed E-state index contributed by atoms with van der Waals surface area (Å²) in [6, 6.07) is 18.1. The van der Waals surface area contributed by atoms with E-state index in [0.29, 0.717) is 5.82 Å². The lowest BCUT2D eigenvalue weighted by Crippen LogP contribution is -2.08. The number of aryl methyl sites for hydroxylation is 1. The Bertz CT molecular complexity index is 845. The summed E-state index contributed by atoms with van der Waals surface area (Å²) in [7, 11) is 4.05. The molecule has 0 saturated heterocycles. The molecule has 1 heterocycles. The number of hydrogen-bond acceptors (Lipinski definition) is 5. The first-order chi connectivity index (χ1) is 12.0. The molecule has 3 rings (SSSR count). The number of nitrogens with zero attached hydrogens (tertiary/aromatic N) is 3. The summed E-state index contributed by atoms with van der Waals surface area (Å²) in [5, 5.41) is 6.63. The topological polar surface area (TPSA) is 53.1 Å². The fourth-order valence-electron chi connectivity index (χ4n) is 2.37. The molecule has 2 N–H and O–H groups in total. The molecule has 0 atom stereocenters. The average Bonchev–Trinajstić information content (AvgIpc) is 2.57. The van der Waals surface area contributed by atoms with Crippen molar-refractivity contribution >= 4 is 44.6 Å². The highest BCUT2D eigenvalue weighted by atomic mass is 79.9. The second-order valence-electron chi connectivity index (χ2n) is 5.88. The Morgan fingerprint density at radius 3 is 1.76 bits per heavy atom. The van der Waals surface area contributed by atoms with Crippen molar-refractivity contribution in [1.29, 1.82) is 0 Å². The summed E-state index contributed by atoms with van der Waals surface area (Å²) in [5.41, 5.74) is 3.11. The zero-order valence-electron chi connectivity index (χ0n) is 14.4. The monoisotopic (exact) mass is 397 g/mol. The Hall–Kier alpha value is -2.60. The molecule has 3 aromatic rings. The Kier molecular flexibility index (Phi) is 5.19. The molecule has 0 aliphatic heterocycles. The van der Waals surface area contributed by atoms with Gasteiger partial charge in [0.25, 0.3) is 0 Å². The molecule has 0 fully saturated rings. The summed E-state index contributed by atoms with van der Waals surface area (Å²) in [6.45, 7) is 1.88. The van der Waals surface area contributed by atoms with Gasteiger partial charge in [-0.3, -0.25) is 0 Å². The number of halogens is 1. The highest BCUT2D eigenvalue weighted by molar-refractivity contribution is 9.10. The van der Waals surface area contributed by atoms with Gasteiger partial charge in [0.2, 0.25) is 0 Å². The lowest BCUT2D eigenvalue weighted by molar-refractivity contribution is 1.06. The Morgan fingerprint density at radius 1 is 0.800 bits per heavy atom. The molecule has 1 aromatic heterocycles. The fraction of sp³-hybridized carbons (Fsp3) is 0.158. The van der Waals surface area contributed by atoms with Gasteiger partial charge in [-0.2, -0.15) is 0 Å². The summed E-state index contributed by atoms with van der Waals surface area (Å²) in [4.78, 5) is 11.0. The first-order valence-corrected chi connectivity index (χ1v) is 8.71. The van der Waals surface area contributed by atoms with Crippen molar-refractivity contribution in [1.82, 2.24) is 9.97 Å². The highest BCUT2D eigenvalue weighted by Gasteiger charge is 2.04. The van der Waals surface area contributed by atoms with Crippen molar-refractivity contribution in [3.63, 3.8) is 0 Å². The van der Waals surface area contributed by atoms with E-state index in [4.69, 9.17) is 0 Å². The van der Waals surface area contributed by atoms with Crippen LogP contribution in [0.2, 0.25) is 0 Å². The molecule has 0 saturated carbocycles. The lowest BCUT2D eigenvalue weighted by Gasteiger charge is -2.14. The predicted molar refractivity (Wildman–Crippen MR) is 108 cm³/mol. The Labute approximate surface area is 156 Å². The van der Waals surface area contributed by atoms with E-state index in [1.54, 1.807) is 0 Å². The molecule has 25 heavy (non-hydrogen) atoms. The number of rotatable bonds is 5. The van der Waals surface area contributed by atoms with Gasteiger partial charge in [0, 0.05) is 41.7 Å². The fourth-order valence-corrected chi connectivity index (χ4v) is 2.63. The number of aromatic nitrogens is 2. The SMILES string of the molecule is Cc1nc(Nc2ccc(Br)cc2)cc(Nc2ccc(N(C)C)cc2)n1. The molecule has 5 nitrogen and oxygen atoms in total. The van der Waals surface area contributed by atoms with Crippen LogP contribution in [0.5, 0.6) is 0 Å². The molecule has 0 aliphatic carbocycles. The quantitative estimate of drug-likeness (QED) is 0.626. The van der Waals surface area contributed by atoms with Crippen LogP contribution in [0, 0.1) is 6.92 Å². The van der Waals surface area contributed by atoms with Crippen LogP contribution in [0.25, 0.3) is 0 Å². The molecular weight excluding hydrogens is 378 g/mol. The molecule has 0 aliphatic rings. The van der Waals surface area contributed by atoms with Gasteiger partial charge in [-0.05, 0) is 55.5 Å². The van der Waals surface area contributed by atoms with Gasteiger partial charge in [0.15, 0.2) is 0 Å². The van der Waals surface area contributed by atoms with E-state index < -0.39 is 0 Å². The van der Waals surface area contributed by atoms with Crippen molar-refractivity contribution in [3.05, 3.63) is 64.9 Å². The minimum atomic E-state index is 0.703. The third-order valence-electron chi connectivity index (χ3n) is 3.61. The van der Waals surface area contributed by atoms with Crippen LogP contribution < -0.4 is 15.5 Å². The molecular formula is C19H20BrN5. The molecule has 2 aromatic carbocycles. The first kappa shape index (κ1) is 17.2. The standard InChI is InChI=1S/C19H20BrN5/c1-13-21-18(23-15-6-4-14(20)5-7-15)12-19(22-13)24-16-8-10-17(11-9-16)25(2)3/h4-12H,1-3H3,(H2,21,22,23,24). The van der Waals surface area contributed by atoms with E-state index in [0.717, 1.165) is 33.2 Å². The lowest BCUT2D eigenvalue weighted by atomic mass is 10.2. The third kappa shape index (κ3) is 4.70. The van der Waals surface area contributed by atoms with Crippen LogP contribution >= 0.6 is 15.9 Å². The summed E-state index contributed by atoms with van der Waals surface area (Å²) in [5.74, 6) is 2.21. The largest absolute Gasteiger partial charge is 0.378 e. The number of anilines is 5. The van der Waals surface area contributed by atoms with Crippen LogP contribution in [0.3, 0.4) is 0 Å². The van der Waals surface area contributed by atoms with Crippen LogP contribution in [-0.4, -0.2) is 24.1 Å². The van der Waals surface area contributed by atoms with Crippen LogP contribution in [-0.2, 0) is 0 Å². The van der Waals surface area contributed by atoms with Crippen LogP contribution in [0.15, 0.2) is 59.1 Å². The van der Waals surface area contributed by atoms with E-state index in [1.807, 2.05) is 63.5 Å². The van der Waals surface area contributed by atoms with Gasteiger partial charge in [0.1, 0.15) is 17.5 Å². The maximum atomic E-state index is 4.46. The van der Waals surface area contributed by atoms with Gasteiger partial charge in [-0.25, -0.2) is 9.97 Å². The van der Waals surface area contributed by atoms with Gasteiger partial charge < -0.3 is 15.5 Å². The van der Waals surface area contributed by atoms with E-state index >= 15 is 0 Å². The number of benzene rings is 2. The molecule has 128 valence electrons. The van der Waals surface area contributed by atoms with Crippen molar-refractivity contribution in [2.45, 2.75) is 6.92 Å². The highest BCUT2D eigenvalue weighted by Crippen LogP contribution is 2.23. The number of hydrogen-bond donors (Lipinski definition) is 2. The van der Waals surface area contributed by atoms with E-state index in [-0.39, 0.29) is 0 Å². The van der Waals surface area contributed by atoms with Crippen molar-refractivity contribution in [2.24, 2.45) is 0 Å². The van der Waals surface area contributed by atoms with Gasteiger partial charge >= 0.3 is 0 Å². The van der Waals surface area contributed by atoms with Gasteiger partial charge in [-0.1, -0.05) is 15.9 Å². The Balaban J connectivity index is 1.77. The minimum absolute atomic E-state index is 0.703. The maximum Gasteiger partial charge on any atom is 0.136 e. The third-order valence-corrected chi connectivity index (χ3v) is 4.14. The van der Waals surface area contributed by atoms with Gasteiger partial charge in [0.05, 0.1) is 0 Å². The summed E-state index contributed by atoms with van der Waals surface area (Å²) >= 11 is 3.44. The van der Waals surface area contributed by atoms with Crippen LogP contribution in [0.1, 0.15) is 5.82 Å². The Morgan fingerprint density at radius 2 is 1.28 bits per heavy atom. The zero-order valence-corrected chi connectivity index (χ0v) is 16.0. The van der Waals surface area contributed by atoms with E-state index in [2.05, 4.69) is 53.6 Å². The molecule has 6 heteroatoms. The molecule has 0 bridgehead atoms. The predicted octanol–water partition coefficient (Wildman–Crippen LogP) is 5.10. The smallest absolute Gasteiger partial charge is 0.136 e. The van der Waals surface area contributed by atoms with Crippen molar-refractivity contribution < 1.29 is 0 Å².